The van der Waals surface area contributed by atoms with Crippen LogP contribution in [-0.2, 0) is 6.42 Å². The summed E-state index contributed by atoms with van der Waals surface area (Å²) in [7, 11) is 1.45. The third-order valence-corrected chi connectivity index (χ3v) is 3.58. The van der Waals surface area contributed by atoms with E-state index in [9.17, 15) is 4.39 Å². The number of nitrogens with one attached hydrogen (secondary N) is 2. The van der Waals surface area contributed by atoms with Crippen molar-refractivity contribution in [3.8, 4) is 5.75 Å². The van der Waals surface area contributed by atoms with Crippen molar-refractivity contribution in [1.82, 2.24) is 10.6 Å². The first-order valence-electron chi connectivity index (χ1n) is 8.04. The van der Waals surface area contributed by atoms with Crippen LogP contribution < -0.4 is 15.4 Å². The van der Waals surface area contributed by atoms with Crippen LogP contribution in [0.1, 0.15) is 31.2 Å². The van der Waals surface area contributed by atoms with E-state index in [1.54, 1.807) is 12.3 Å². The zero-order valence-corrected chi connectivity index (χ0v) is 14.3. The molecule has 0 amide bonds. The van der Waals surface area contributed by atoms with Crippen LogP contribution in [0.15, 0.2) is 46.0 Å². The molecule has 1 unspecified atom stereocenters. The fourth-order valence-corrected chi connectivity index (χ4v) is 2.29. The lowest BCUT2D eigenvalue weighted by Crippen LogP contribution is -2.38. The predicted molar refractivity (Wildman–Crippen MR) is 92.9 cm³/mol. The maximum atomic E-state index is 13.8. The Labute approximate surface area is 141 Å². The van der Waals surface area contributed by atoms with Crippen molar-refractivity contribution in [3.63, 3.8) is 0 Å². The van der Waals surface area contributed by atoms with Crippen LogP contribution in [0.3, 0.4) is 0 Å². The summed E-state index contributed by atoms with van der Waals surface area (Å²) in [5.41, 5.74) is 0.824. The Bertz CT molecular complexity index is 656. The smallest absolute Gasteiger partial charge is 0.191 e. The van der Waals surface area contributed by atoms with Crippen LogP contribution in [0.5, 0.6) is 5.75 Å². The molecular weight excluding hydrogens is 309 g/mol. The van der Waals surface area contributed by atoms with Gasteiger partial charge in [0, 0.05) is 19.5 Å². The van der Waals surface area contributed by atoms with E-state index >= 15 is 0 Å². The molecule has 1 aromatic carbocycles. The molecule has 0 saturated carbocycles. The molecule has 2 N–H and O–H groups in total. The first-order chi connectivity index (χ1) is 11.6. The number of aliphatic imine (C=N–C) groups is 1. The van der Waals surface area contributed by atoms with Crippen molar-refractivity contribution in [2.75, 3.05) is 20.2 Å². The molecule has 0 saturated heterocycles. The second-order valence-corrected chi connectivity index (χ2v) is 5.35. The Kier molecular flexibility index (Phi) is 6.66. The molecule has 2 rings (SSSR count). The third kappa shape index (κ3) is 5.01. The minimum absolute atomic E-state index is 0.0909. The zero-order chi connectivity index (χ0) is 17.4. The van der Waals surface area contributed by atoms with Crippen molar-refractivity contribution in [1.29, 1.82) is 0 Å². The molecule has 0 bridgehead atoms. The van der Waals surface area contributed by atoms with Crippen molar-refractivity contribution in [2.24, 2.45) is 4.99 Å². The molecular formula is C18H24FN3O2. The summed E-state index contributed by atoms with van der Waals surface area (Å²) >= 11 is 0. The molecule has 0 aliphatic heterocycles. The van der Waals surface area contributed by atoms with Gasteiger partial charge in [0.15, 0.2) is 17.5 Å². The maximum absolute atomic E-state index is 13.8. The zero-order valence-electron chi connectivity index (χ0n) is 14.3. The van der Waals surface area contributed by atoms with E-state index in [2.05, 4.69) is 15.6 Å². The van der Waals surface area contributed by atoms with Crippen LogP contribution in [0.2, 0.25) is 0 Å². The number of nitrogens with zero attached hydrogens (tertiary/aromatic N) is 1. The average molecular weight is 333 g/mol. The molecule has 1 heterocycles. The minimum Gasteiger partial charge on any atom is -0.494 e. The van der Waals surface area contributed by atoms with Crippen LogP contribution >= 0.6 is 0 Å². The van der Waals surface area contributed by atoms with Crippen LogP contribution in [-0.4, -0.2) is 26.2 Å². The topological polar surface area (TPSA) is 58.8 Å². The van der Waals surface area contributed by atoms with Gasteiger partial charge < -0.3 is 19.8 Å². The normalized spacial score (nSPS) is 12.8. The number of halogens is 1. The number of ether oxygens (including phenoxy) is 1. The summed E-state index contributed by atoms with van der Waals surface area (Å²) in [6.45, 7) is 5.31. The molecule has 130 valence electrons. The lowest BCUT2D eigenvalue weighted by Gasteiger charge is -2.18. The Balaban J connectivity index is 1.99. The van der Waals surface area contributed by atoms with Crippen LogP contribution in [0.25, 0.3) is 0 Å². The summed E-state index contributed by atoms with van der Waals surface area (Å²) in [5, 5.41) is 6.47. The molecule has 6 heteroatoms. The van der Waals surface area contributed by atoms with Crippen molar-refractivity contribution in [3.05, 3.63) is 53.7 Å². The Hall–Kier alpha value is -2.50. The highest BCUT2D eigenvalue weighted by molar-refractivity contribution is 5.80. The number of rotatable bonds is 7. The summed E-state index contributed by atoms with van der Waals surface area (Å²) in [4.78, 5) is 4.53. The highest BCUT2D eigenvalue weighted by Crippen LogP contribution is 2.21. The van der Waals surface area contributed by atoms with E-state index in [4.69, 9.17) is 9.15 Å². The van der Waals surface area contributed by atoms with E-state index < -0.39 is 0 Å². The number of methoxy groups -OCH3 is 1. The summed E-state index contributed by atoms with van der Waals surface area (Å²) in [6.07, 6.45) is 2.39. The highest BCUT2D eigenvalue weighted by atomic mass is 19.1. The fourth-order valence-electron chi connectivity index (χ4n) is 2.29. The SMILES string of the molecule is CCNC(=NCCc1ccco1)NC(C)c1ccc(OC)c(F)c1. The van der Waals surface area contributed by atoms with Gasteiger partial charge >= 0.3 is 0 Å². The molecule has 0 aliphatic rings. The summed E-state index contributed by atoms with van der Waals surface area (Å²) < 4.78 is 24.1. The van der Waals surface area contributed by atoms with Gasteiger partial charge in [0.1, 0.15) is 5.76 Å². The van der Waals surface area contributed by atoms with Crippen molar-refractivity contribution >= 4 is 5.96 Å². The molecule has 5 nitrogen and oxygen atoms in total. The summed E-state index contributed by atoms with van der Waals surface area (Å²) in [6, 6.07) is 8.65. The van der Waals surface area contributed by atoms with Gasteiger partial charge in [0.25, 0.3) is 0 Å². The second kappa shape index (κ2) is 8.96. The first kappa shape index (κ1) is 17.8. The lowest BCUT2D eigenvalue weighted by atomic mass is 10.1. The fraction of sp³-hybridized carbons (Fsp3) is 0.389. The molecule has 1 atom stereocenters. The van der Waals surface area contributed by atoms with Gasteiger partial charge in [-0.2, -0.15) is 0 Å². The Morgan fingerprint density at radius 3 is 2.83 bits per heavy atom. The Morgan fingerprint density at radius 1 is 1.38 bits per heavy atom. The number of hydrogen-bond donors (Lipinski definition) is 2. The number of guanidine groups is 1. The van der Waals surface area contributed by atoms with Gasteiger partial charge in [0.2, 0.25) is 0 Å². The van der Waals surface area contributed by atoms with E-state index in [1.165, 1.54) is 13.2 Å². The maximum Gasteiger partial charge on any atom is 0.191 e. The molecule has 0 aliphatic carbocycles. The standard InChI is InChI=1S/C18H24FN3O2/c1-4-20-18(21-10-9-15-6-5-11-24-15)22-13(2)14-7-8-17(23-3)16(19)12-14/h5-8,11-13H,4,9-10H2,1-3H3,(H2,20,21,22). The van der Waals surface area contributed by atoms with Gasteiger partial charge in [-0.3, -0.25) is 4.99 Å². The van der Waals surface area contributed by atoms with Gasteiger partial charge in [-0.1, -0.05) is 6.07 Å². The molecule has 0 spiro atoms. The molecule has 1 aromatic heterocycles. The van der Waals surface area contributed by atoms with Gasteiger partial charge in [0.05, 0.1) is 19.4 Å². The van der Waals surface area contributed by atoms with E-state index in [0.29, 0.717) is 12.5 Å². The monoisotopic (exact) mass is 333 g/mol. The number of hydrogen-bond acceptors (Lipinski definition) is 3. The molecule has 0 fully saturated rings. The minimum atomic E-state index is -0.372. The van der Waals surface area contributed by atoms with Gasteiger partial charge in [-0.25, -0.2) is 4.39 Å². The van der Waals surface area contributed by atoms with Crippen molar-refractivity contribution in [2.45, 2.75) is 26.3 Å². The highest BCUT2D eigenvalue weighted by Gasteiger charge is 2.11. The first-order valence-corrected chi connectivity index (χ1v) is 8.04. The average Bonchev–Trinajstić information content (AvgIpc) is 3.08. The molecule has 2 aromatic rings. The van der Waals surface area contributed by atoms with Crippen LogP contribution in [0.4, 0.5) is 4.39 Å². The van der Waals surface area contributed by atoms with E-state index in [-0.39, 0.29) is 17.6 Å². The number of furan rings is 1. The largest absolute Gasteiger partial charge is 0.494 e. The second-order valence-electron chi connectivity index (χ2n) is 5.35. The molecule has 24 heavy (non-hydrogen) atoms. The van der Waals surface area contributed by atoms with Crippen LogP contribution in [0, 0.1) is 5.82 Å². The Morgan fingerprint density at radius 2 is 2.21 bits per heavy atom. The van der Waals surface area contributed by atoms with Gasteiger partial charge in [-0.15, -0.1) is 0 Å². The van der Waals surface area contributed by atoms with Crippen molar-refractivity contribution < 1.29 is 13.5 Å². The predicted octanol–water partition coefficient (Wildman–Crippen LogP) is 3.29. The lowest BCUT2D eigenvalue weighted by molar-refractivity contribution is 0.386. The van der Waals surface area contributed by atoms with Gasteiger partial charge in [-0.05, 0) is 43.7 Å². The number of benzene rings is 1. The third-order valence-electron chi connectivity index (χ3n) is 3.58. The quantitative estimate of drug-likeness (QED) is 0.603. The summed E-state index contributed by atoms with van der Waals surface area (Å²) in [5.74, 6) is 1.46. The van der Waals surface area contributed by atoms with E-state index in [0.717, 1.165) is 24.3 Å². The molecule has 0 radical (unpaired) electrons. The van der Waals surface area contributed by atoms with E-state index in [1.807, 2.05) is 32.0 Å².